The molecule has 1 N–H and O–H groups in total. The van der Waals surface area contributed by atoms with Crippen LogP contribution in [0.5, 0.6) is 5.75 Å². The van der Waals surface area contributed by atoms with E-state index in [-0.39, 0.29) is 42.9 Å². The van der Waals surface area contributed by atoms with E-state index in [9.17, 15) is 31.5 Å². The fourth-order valence-electron chi connectivity index (χ4n) is 5.88. The highest BCUT2D eigenvalue weighted by Gasteiger charge is 2.30. The summed E-state index contributed by atoms with van der Waals surface area (Å²) in [5.74, 6) is -1.87. The molecule has 6 aromatic rings. The second kappa shape index (κ2) is 15.0. The van der Waals surface area contributed by atoms with Gasteiger partial charge in [0.05, 0.1) is 16.8 Å². The van der Waals surface area contributed by atoms with Gasteiger partial charge in [-0.3, -0.25) is 14.6 Å². The van der Waals surface area contributed by atoms with E-state index in [0.717, 1.165) is 23.8 Å². The van der Waals surface area contributed by atoms with Crippen LogP contribution in [0.25, 0.3) is 22.0 Å². The molecule has 0 aliphatic carbocycles. The van der Waals surface area contributed by atoms with Crippen molar-refractivity contribution in [2.24, 2.45) is 0 Å². The Balaban J connectivity index is 1.26. The van der Waals surface area contributed by atoms with E-state index >= 15 is 0 Å². The maximum Gasteiger partial charge on any atom is 0.416 e. The topological polar surface area (TPSA) is 73.2 Å². The first-order chi connectivity index (χ1) is 24.5. The summed E-state index contributed by atoms with van der Waals surface area (Å²) in [7, 11) is 0. The smallest absolute Gasteiger partial charge is 0.416 e. The Morgan fingerprint density at radius 2 is 1.59 bits per heavy atom. The molecule has 6 nitrogen and oxygen atoms in total. The molecule has 11 heteroatoms. The van der Waals surface area contributed by atoms with Crippen LogP contribution in [0, 0.1) is 11.6 Å². The maximum absolute atomic E-state index is 14.6. The summed E-state index contributed by atoms with van der Waals surface area (Å²) in [6.07, 6.45) is -2.56. The molecule has 0 aliphatic heterocycles. The highest BCUT2D eigenvalue weighted by Crippen LogP contribution is 2.31. The molecule has 51 heavy (non-hydrogen) atoms. The highest BCUT2D eigenvalue weighted by atomic mass is 19.4. The average Bonchev–Trinajstić information content (AvgIpc) is 3.13. The number of hydrogen-bond acceptors (Lipinski definition) is 4. The largest absolute Gasteiger partial charge is 0.487 e. The quantitative estimate of drug-likeness (QED) is 0.138. The summed E-state index contributed by atoms with van der Waals surface area (Å²) in [6, 6.07) is 26.9. The Kier molecular flexibility index (Phi) is 10.3. The van der Waals surface area contributed by atoms with Crippen molar-refractivity contribution in [2.45, 2.75) is 45.1 Å². The number of alkyl halides is 3. The van der Waals surface area contributed by atoms with Crippen LogP contribution in [-0.2, 0) is 37.0 Å². The first kappa shape index (κ1) is 35.0. The molecule has 0 saturated carbocycles. The van der Waals surface area contributed by atoms with Gasteiger partial charge in [-0.15, -0.1) is 0 Å². The van der Waals surface area contributed by atoms with Crippen molar-refractivity contribution in [3.8, 4) is 16.9 Å². The van der Waals surface area contributed by atoms with Crippen LogP contribution < -0.4 is 15.5 Å². The summed E-state index contributed by atoms with van der Waals surface area (Å²) < 4.78 is 75.1. The Morgan fingerprint density at radius 1 is 0.863 bits per heavy atom. The Morgan fingerprint density at radius 3 is 2.27 bits per heavy atom. The summed E-state index contributed by atoms with van der Waals surface area (Å²) in [5, 5.41) is 3.27. The van der Waals surface area contributed by atoms with Gasteiger partial charge in [0.1, 0.15) is 18.4 Å². The Bertz CT molecular complexity index is 2220. The normalized spacial score (nSPS) is 12.1. The van der Waals surface area contributed by atoms with Gasteiger partial charge in [-0.1, -0.05) is 54.6 Å². The number of nitrogens with zero attached hydrogens (tertiary/aromatic N) is 2. The number of hydrogen-bond donors (Lipinski definition) is 1. The number of carbonyl (C=O) groups is 1. The number of aryl methyl sites for hydroxylation is 2. The zero-order valence-electron chi connectivity index (χ0n) is 27.4. The van der Waals surface area contributed by atoms with E-state index in [1.165, 1.54) is 30.3 Å². The summed E-state index contributed by atoms with van der Waals surface area (Å²) in [5.41, 5.74) is 2.77. The minimum Gasteiger partial charge on any atom is -0.487 e. The van der Waals surface area contributed by atoms with Crippen molar-refractivity contribution in [2.75, 3.05) is 0 Å². The number of pyridine rings is 2. The van der Waals surface area contributed by atoms with Gasteiger partial charge in [-0.25, -0.2) is 8.78 Å². The Hall–Kier alpha value is -5.84. The molecule has 1 unspecified atom stereocenters. The zero-order chi connectivity index (χ0) is 36.1. The lowest BCUT2D eigenvalue weighted by molar-refractivity contribution is -0.137. The molecule has 0 radical (unpaired) electrons. The standard InChI is InChI=1S/C40H32F5N3O3/c1-25(39(50)47-23-26-8-10-27(11-9-26)28-12-15-30(16-13-28)40(43,44)45)48-32(17-14-29-5-4-7-35(41)38(29)42)21-37(49)34-19-18-33(22-36(34)48)51-24-31-6-2-3-20-46-31/h2-13,15-16,18-22,25H,14,17,23-24H2,1H3,(H,47,50). The summed E-state index contributed by atoms with van der Waals surface area (Å²) in [4.78, 5) is 31.3. The van der Waals surface area contributed by atoms with Crippen LogP contribution in [0.15, 0.2) is 120 Å². The van der Waals surface area contributed by atoms with E-state index in [1.807, 2.05) is 12.1 Å². The van der Waals surface area contributed by atoms with Crippen LogP contribution in [0.2, 0.25) is 0 Å². The van der Waals surface area contributed by atoms with Gasteiger partial charge in [-0.2, -0.15) is 13.2 Å². The molecule has 0 fully saturated rings. The maximum atomic E-state index is 14.6. The zero-order valence-corrected chi connectivity index (χ0v) is 27.4. The van der Waals surface area contributed by atoms with Crippen molar-refractivity contribution in [1.29, 1.82) is 0 Å². The van der Waals surface area contributed by atoms with Gasteiger partial charge in [0.2, 0.25) is 5.91 Å². The predicted octanol–water partition coefficient (Wildman–Crippen LogP) is 8.60. The van der Waals surface area contributed by atoms with Gasteiger partial charge >= 0.3 is 6.18 Å². The molecule has 1 atom stereocenters. The second-order valence-corrected chi connectivity index (χ2v) is 12.0. The van der Waals surface area contributed by atoms with Crippen molar-refractivity contribution in [1.82, 2.24) is 14.9 Å². The minimum atomic E-state index is -4.42. The van der Waals surface area contributed by atoms with E-state index in [2.05, 4.69) is 10.3 Å². The fraction of sp³-hybridized carbons (Fsp3) is 0.175. The molecule has 0 spiro atoms. The number of rotatable bonds is 11. The summed E-state index contributed by atoms with van der Waals surface area (Å²) >= 11 is 0. The predicted molar refractivity (Wildman–Crippen MR) is 184 cm³/mol. The van der Waals surface area contributed by atoms with Crippen LogP contribution >= 0.6 is 0 Å². The number of fused-ring (bicyclic) bond motifs is 1. The van der Waals surface area contributed by atoms with E-state index in [0.29, 0.717) is 39.2 Å². The Labute approximate surface area is 290 Å². The lowest BCUT2D eigenvalue weighted by Crippen LogP contribution is -2.32. The van der Waals surface area contributed by atoms with Crippen LogP contribution in [0.1, 0.15) is 41.0 Å². The first-order valence-corrected chi connectivity index (χ1v) is 16.2. The highest BCUT2D eigenvalue weighted by molar-refractivity contribution is 5.86. The van der Waals surface area contributed by atoms with E-state index in [1.54, 1.807) is 66.2 Å². The second-order valence-electron chi connectivity index (χ2n) is 12.0. The number of benzene rings is 4. The first-order valence-electron chi connectivity index (χ1n) is 16.2. The number of nitrogens with one attached hydrogen (secondary N) is 1. The molecule has 1 amide bonds. The molecule has 0 saturated heterocycles. The SMILES string of the molecule is CC(C(=O)NCc1ccc(-c2ccc(C(F)(F)F)cc2)cc1)n1c(CCc2cccc(F)c2F)cc(=O)c2ccc(OCc3ccccn3)cc21. The number of amides is 1. The number of carbonyl (C=O) groups excluding carboxylic acids is 1. The lowest BCUT2D eigenvalue weighted by atomic mass is 10.0. The van der Waals surface area contributed by atoms with Gasteiger partial charge in [0, 0.05) is 36.0 Å². The lowest BCUT2D eigenvalue weighted by Gasteiger charge is -2.23. The average molecular weight is 698 g/mol. The third kappa shape index (κ3) is 8.15. The molecular formula is C40H32F5N3O3. The molecule has 4 aromatic carbocycles. The van der Waals surface area contributed by atoms with Crippen molar-refractivity contribution in [3.05, 3.63) is 165 Å². The fourth-order valence-corrected chi connectivity index (χ4v) is 5.88. The van der Waals surface area contributed by atoms with Crippen LogP contribution in [0.3, 0.4) is 0 Å². The molecule has 260 valence electrons. The van der Waals surface area contributed by atoms with E-state index in [4.69, 9.17) is 4.74 Å². The molecule has 6 rings (SSSR count). The molecular weight excluding hydrogens is 665 g/mol. The van der Waals surface area contributed by atoms with E-state index < -0.39 is 29.4 Å². The van der Waals surface area contributed by atoms with Crippen molar-refractivity contribution in [3.63, 3.8) is 0 Å². The minimum absolute atomic E-state index is 0.0734. The molecule has 2 heterocycles. The third-order valence-corrected chi connectivity index (χ3v) is 8.63. The number of aromatic nitrogens is 2. The molecule has 0 aliphatic rings. The van der Waals surface area contributed by atoms with Gasteiger partial charge in [0.25, 0.3) is 0 Å². The van der Waals surface area contributed by atoms with Crippen molar-refractivity contribution >= 4 is 16.8 Å². The third-order valence-electron chi connectivity index (χ3n) is 8.63. The molecule has 2 aromatic heterocycles. The van der Waals surface area contributed by atoms with Crippen LogP contribution in [0.4, 0.5) is 22.0 Å². The number of halogens is 5. The van der Waals surface area contributed by atoms with Gasteiger partial charge in [-0.05, 0) is 84.5 Å². The molecule has 0 bridgehead atoms. The summed E-state index contributed by atoms with van der Waals surface area (Å²) in [6.45, 7) is 2.00. The van der Waals surface area contributed by atoms with Crippen LogP contribution in [-0.4, -0.2) is 15.5 Å². The monoisotopic (exact) mass is 697 g/mol. The van der Waals surface area contributed by atoms with Gasteiger partial charge < -0.3 is 14.6 Å². The van der Waals surface area contributed by atoms with Gasteiger partial charge in [0.15, 0.2) is 17.1 Å². The number of ether oxygens (including phenoxy) is 1. The van der Waals surface area contributed by atoms with Crippen molar-refractivity contribution < 1.29 is 31.5 Å².